The lowest BCUT2D eigenvalue weighted by Gasteiger charge is -2.42. The molecule has 1 N–H and O–H groups in total. The molecule has 2 amide bonds. The Morgan fingerprint density at radius 2 is 1.74 bits per heavy atom. The average molecular weight is 266 g/mol. The van der Waals surface area contributed by atoms with Crippen molar-refractivity contribution in [3.8, 4) is 0 Å². The first kappa shape index (κ1) is 14.5. The summed E-state index contributed by atoms with van der Waals surface area (Å²) in [6.45, 7) is 3.47. The van der Waals surface area contributed by atoms with Gasteiger partial charge in [0.15, 0.2) is 0 Å². The number of amides is 2. The minimum absolute atomic E-state index is 0.00909. The molecule has 1 unspecified atom stereocenters. The van der Waals surface area contributed by atoms with E-state index in [-0.39, 0.29) is 17.2 Å². The van der Waals surface area contributed by atoms with Crippen LogP contribution in [0.3, 0.4) is 0 Å². The number of nitrogens with zero attached hydrogens (tertiary/aromatic N) is 1. The van der Waals surface area contributed by atoms with Crippen molar-refractivity contribution < 1.29 is 9.59 Å². The molecule has 2 fully saturated rings. The molecule has 4 heteroatoms. The highest BCUT2D eigenvalue weighted by molar-refractivity contribution is 5.98. The van der Waals surface area contributed by atoms with E-state index in [0.717, 1.165) is 19.4 Å². The maximum Gasteiger partial charge on any atom is 0.229 e. The van der Waals surface area contributed by atoms with E-state index in [9.17, 15) is 9.59 Å². The molecule has 1 heterocycles. The van der Waals surface area contributed by atoms with E-state index in [1.165, 1.54) is 24.2 Å². The van der Waals surface area contributed by atoms with Crippen molar-refractivity contribution in [3.63, 3.8) is 0 Å². The fourth-order valence-corrected chi connectivity index (χ4v) is 3.62. The first-order valence-corrected chi connectivity index (χ1v) is 7.54. The van der Waals surface area contributed by atoms with Crippen molar-refractivity contribution in [2.24, 2.45) is 11.3 Å². The van der Waals surface area contributed by atoms with Crippen molar-refractivity contribution in [2.45, 2.75) is 51.9 Å². The van der Waals surface area contributed by atoms with Crippen LogP contribution >= 0.6 is 0 Å². The second kappa shape index (κ2) is 6.04. The van der Waals surface area contributed by atoms with Crippen LogP contribution in [0, 0.1) is 11.3 Å². The van der Waals surface area contributed by atoms with Gasteiger partial charge in [-0.3, -0.25) is 14.5 Å². The Morgan fingerprint density at radius 1 is 1.16 bits per heavy atom. The largest absolute Gasteiger partial charge is 0.319 e. The molecule has 1 atom stereocenters. The average Bonchev–Trinajstić information content (AvgIpc) is 2.35. The van der Waals surface area contributed by atoms with Gasteiger partial charge in [-0.05, 0) is 37.8 Å². The van der Waals surface area contributed by atoms with E-state index in [0.29, 0.717) is 25.3 Å². The van der Waals surface area contributed by atoms with Crippen LogP contribution in [0.4, 0.5) is 0 Å². The molecule has 1 saturated heterocycles. The number of carbonyl (C=O) groups is 2. The first-order valence-electron chi connectivity index (χ1n) is 7.54. The molecule has 1 saturated carbocycles. The smallest absolute Gasteiger partial charge is 0.229 e. The molecule has 0 aromatic heterocycles. The maximum absolute atomic E-state index is 12.3. The van der Waals surface area contributed by atoms with Crippen molar-refractivity contribution in [1.29, 1.82) is 0 Å². The van der Waals surface area contributed by atoms with Crippen LogP contribution < -0.4 is 5.32 Å². The summed E-state index contributed by atoms with van der Waals surface area (Å²) in [4.78, 5) is 26.1. The predicted molar refractivity (Wildman–Crippen MR) is 74.6 cm³/mol. The lowest BCUT2D eigenvalue weighted by molar-refractivity contribution is -0.155. The molecule has 0 aromatic carbocycles. The summed E-state index contributed by atoms with van der Waals surface area (Å²) >= 11 is 0. The first-order chi connectivity index (χ1) is 9.06. The molecule has 4 nitrogen and oxygen atoms in total. The van der Waals surface area contributed by atoms with Gasteiger partial charge >= 0.3 is 0 Å². The highest BCUT2D eigenvalue weighted by Crippen LogP contribution is 2.45. The van der Waals surface area contributed by atoms with Crippen LogP contribution in [-0.4, -0.2) is 36.9 Å². The van der Waals surface area contributed by atoms with Crippen LogP contribution in [0.5, 0.6) is 0 Å². The zero-order valence-electron chi connectivity index (χ0n) is 12.2. The van der Waals surface area contributed by atoms with Gasteiger partial charge < -0.3 is 5.32 Å². The summed E-state index contributed by atoms with van der Waals surface area (Å²) in [7, 11) is 1.90. The molecule has 1 aliphatic carbocycles. The molecular weight excluding hydrogens is 240 g/mol. The standard InChI is InChI=1S/C15H26N2O2/c1-12(10-16-2)11-17-13(18)8-15(9-14(17)19)6-4-3-5-7-15/h12,16H,3-11H2,1-2H3. The molecule has 0 radical (unpaired) electrons. The van der Waals surface area contributed by atoms with Crippen molar-refractivity contribution in [3.05, 3.63) is 0 Å². The van der Waals surface area contributed by atoms with Crippen LogP contribution in [0.25, 0.3) is 0 Å². The van der Waals surface area contributed by atoms with Crippen LogP contribution in [0.15, 0.2) is 0 Å². The van der Waals surface area contributed by atoms with Crippen molar-refractivity contribution in [1.82, 2.24) is 10.2 Å². The van der Waals surface area contributed by atoms with Gasteiger partial charge in [0.25, 0.3) is 0 Å². The summed E-state index contributed by atoms with van der Waals surface area (Å²) in [5, 5.41) is 3.09. The van der Waals surface area contributed by atoms with Gasteiger partial charge in [0.05, 0.1) is 0 Å². The molecule has 19 heavy (non-hydrogen) atoms. The number of carbonyl (C=O) groups excluding carboxylic acids is 2. The Hall–Kier alpha value is -0.900. The fourth-order valence-electron chi connectivity index (χ4n) is 3.62. The van der Waals surface area contributed by atoms with Gasteiger partial charge in [0, 0.05) is 19.4 Å². The lowest BCUT2D eigenvalue weighted by Crippen LogP contribution is -2.50. The second-order valence-corrected chi connectivity index (χ2v) is 6.48. The Balaban J connectivity index is 1.98. The number of hydrogen-bond acceptors (Lipinski definition) is 3. The van der Waals surface area contributed by atoms with Crippen molar-refractivity contribution in [2.75, 3.05) is 20.1 Å². The summed E-state index contributed by atoms with van der Waals surface area (Å²) in [6.07, 6.45) is 6.91. The summed E-state index contributed by atoms with van der Waals surface area (Å²) in [6, 6.07) is 0. The molecule has 2 aliphatic rings. The third kappa shape index (κ3) is 3.35. The maximum atomic E-state index is 12.3. The van der Waals surface area contributed by atoms with Gasteiger partial charge in [-0.15, -0.1) is 0 Å². The topological polar surface area (TPSA) is 49.4 Å². The third-order valence-electron chi connectivity index (χ3n) is 4.62. The zero-order valence-corrected chi connectivity index (χ0v) is 12.2. The van der Waals surface area contributed by atoms with E-state index in [1.807, 2.05) is 7.05 Å². The van der Waals surface area contributed by atoms with Crippen molar-refractivity contribution >= 4 is 11.8 Å². The van der Waals surface area contributed by atoms with E-state index in [1.54, 1.807) is 0 Å². The lowest BCUT2D eigenvalue weighted by atomic mass is 9.67. The summed E-state index contributed by atoms with van der Waals surface area (Å²) < 4.78 is 0. The van der Waals surface area contributed by atoms with Crippen LogP contribution in [0.2, 0.25) is 0 Å². The third-order valence-corrected chi connectivity index (χ3v) is 4.62. The highest BCUT2D eigenvalue weighted by Gasteiger charge is 2.43. The molecular formula is C15H26N2O2. The number of imide groups is 1. The minimum atomic E-state index is 0.00909. The number of rotatable bonds is 4. The molecule has 0 aromatic rings. The van der Waals surface area contributed by atoms with Crippen LogP contribution in [0.1, 0.15) is 51.9 Å². The fraction of sp³-hybridized carbons (Fsp3) is 0.867. The molecule has 108 valence electrons. The monoisotopic (exact) mass is 266 g/mol. The Kier molecular flexibility index (Phi) is 4.61. The van der Waals surface area contributed by atoms with Gasteiger partial charge in [-0.25, -0.2) is 0 Å². The van der Waals surface area contributed by atoms with E-state index in [4.69, 9.17) is 0 Å². The van der Waals surface area contributed by atoms with Crippen LogP contribution in [-0.2, 0) is 9.59 Å². The Bertz CT molecular complexity index is 328. The molecule has 0 bridgehead atoms. The van der Waals surface area contributed by atoms with Gasteiger partial charge in [0.2, 0.25) is 11.8 Å². The summed E-state index contributed by atoms with van der Waals surface area (Å²) in [5.74, 6) is 0.431. The Labute approximate surface area is 115 Å². The van der Waals surface area contributed by atoms with Gasteiger partial charge in [-0.1, -0.05) is 26.2 Å². The minimum Gasteiger partial charge on any atom is -0.319 e. The highest BCUT2D eigenvalue weighted by atomic mass is 16.2. The number of hydrogen-bond donors (Lipinski definition) is 1. The van der Waals surface area contributed by atoms with Gasteiger partial charge in [0.1, 0.15) is 0 Å². The Morgan fingerprint density at radius 3 is 2.26 bits per heavy atom. The number of piperidine rings is 1. The molecule has 1 aliphatic heterocycles. The quantitative estimate of drug-likeness (QED) is 0.791. The number of likely N-dealkylation sites (tertiary alicyclic amines) is 1. The molecule has 2 rings (SSSR count). The van der Waals surface area contributed by atoms with E-state index >= 15 is 0 Å². The normalized spacial score (nSPS) is 24.8. The SMILES string of the molecule is CNCC(C)CN1C(=O)CC2(CCCCC2)CC1=O. The van der Waals surface area contributed by atoms with E-state index < -0.39 is 0 Å². The van der Waals surface area contributed by atoms with Gasteiger partial charge in [-0.2, -0.15) is 0 Å². The molecule has 1 spiro atoms. The van der Waals surface area contributed by atoms with E-state index in [2.05, 4.69) is 12.2 Å². The zero-order chi connectivity index (χ0) is 13.9. The summed E-state index contributed by atoms with van der Waals surface area (Å²) in [5.41, 5.74) is 0.00909. The second-order valence-electron chi connectivity index (χ2n) is 6.48. The predicted octanol–water partition coefficient (Wildman–Crippen LogP) is 1.94. The number of nitrogens with one attached hydrogen (secondary N) is 1.